The Kier molecular flexibility index (Phi) is 6.10. The number of nitrogens with zero attached hydrogens (tertiary/aromatic N) is 4. The van der Waals surface area contributed by atoms with E-state index in [-0.39, 0.29) is 16.6 Å². The van der Waals surface area contributed by atoms with Gasteiger partial charge in [0.2, 0.25) is 0 Å². The van der Waals surface area contributed by atoms with Crippen LogP contribution < -0.4 is 0 Å². The van der Waals surface area contributed by atoms with Crippen LogP contribution in [0.25, 0.3) is 44.3 Å². The van der Waals surface area contributed by atoms with Crippen LogP contribution in [0.15, 0.2) is 78.9 Å². The number of nitriles is 1. The van der Waals surface area contributed by atoms with Crippen LogP contribution in [0.1, 0.15) is 16.7 Å². The predicted octanol–water partition coefficient (Wildman–Crippen LogP) is 8.22. The third-order valence-corrected chi connectivity index (χ3v) is 7.11. The topological polar surface area (TPSA) is 46.5 Å². The minimum Gasteiger partial charge on any atom is -0.344 e. The van der Waals surface area contributed by atoms with E-state index in [0.717, 1.165) is 32.9 Å². The predicted molar refractivity (Wildman–Crippen MR) is 142 cm³/mol. The van der Waals surface area contributed by atoms with E-state index < -0.39 is 41.3 Å². The maximum Gasteiger partial charge on any atom is 0.418 e. The van der Waals surface area contributed by atoms with Gasteiger partial charge in [-0.25, -0.2) is 13.2 Å². The Morgan fingerprint density at radius 2 is 1.54 bits per heavy atom. The lowest BCUT2D eigenvalue weighted by Gasteiger charge is -2.11. The maximum absolute atomic E-state index is 14.5. The number of rotatable bonds is 4. The van der Waals surface area contributed by atoms with Crippen LogP contribution in [0.4, 0.5) is 26.3 Å². The van der Waals surface area contributed by atoms with Gasteiger partial charge in [-0.3, -0.25) is 4.68 Å². The van der Waals surface area contributed by atoms with Gasteiger partial charge in [0, 0.05) is 52.3 Å². The Labute approximate surface area is 229 Å². The van der Waals surface area contributed by atoms with Gasteiger partial charge in [-0.2, -0.15) is 23.5 Å². The molecule has 0 N–H and O–H groups in total. The highest BCUT2D eigenvalue weighted by atomic mass is 19.4. The van der Waals surface area contributed by atoms with E-state index in [0.29, 0.717) is 23.3 Å². The molecule has 0 saturated heterocycles. The summed E-state index contributed by atoms with van der Waals surface area (Å²) in [5, 5.41) is 14.4. The molecule has 0 spiro atoms. The first-order chi connectivity index (χ1) is 19.5. The molecule has 0 aliphatic heterocycles. The first-order valence-corrected chi connectivity index (χ1v) is 12.4. The summed E-state index contributed by atoms with van der Waals surface area (Å²) >= 11 is 0. The molecule has 0 saturated carbocycles. The summed E-state index contributed by atoms with van der Waals surface area (Å²) in [6.45, 7) is -0.564. The van der Waals surface area contributed by atoms with Crippen molar-refractivity contribution in [2.24, 2.45) is 7.05 Å². The van der Waals surface area contributed by atoms with Gasteiger partial charge in [0.05, 0.1) is 29.4 Å². The fourth-order valence-corrected chi connectivity index (χ4v) is 5.17. The molecule has 0 radical (unpaired) electrons. The normalized spacial score (nSPS) is 11.9. The SMILES string of the molecule is Cn1c(-c2ccc(-c3c4cccc(C(F)(F)F)c4nn3Cc3c(F)cc(F)cc3F)cc2)cc2cc(C#N)ccc21. The van der Waals surface area contributed by atoms with Crippen molar-refractivity contribution >= 4 is 21.8 Å². The lowest BCUT2D eigenvalue weighted by atomic mass is 10.0. The van der Waals surface area contributed by atoms with Crippen molar-refractivity contribution in [3.8, 4) is 28.6 Å². The number of benzene rings is 4. The molecule has 4 nitrogen and oxygen atoms in total. The Hall–Kier alpha value is -5.04. The van der Waals surface area contributed by atoms with Gasteiger partial charge in [-0.05, 0) is 35.9 Å². The lowest BCUT2D eigenvalue weighted by molar-refractivity contribution is -0.136. The molecule has 0 aliphatic carbocycles. The molecule has 10 heteroatoms. The highest BCUT2D eigenvalue weighted by molar-refractivity contribution is 5.96. The number of hydrogen-bond acceptors (Lipinski definition) is 2. The quantitative estimate of drug-likeness (QED) is 0.204. The summed E-state index contributed by atoms with van der Waals surface area (Å²) in [5.41, 5.74) is 1.87. The Morgan fingerprint density at radius 3 is 2.20 bits per heavy atom. The van der Waals surface area contributed by atoms with Crippen molar-refractivity contribution in [2.45, 2.75) is 12.7 Å². The summed E-state index contributed by atoms with van der Waals surface area (Å²) in [7, 11) is 1.88. The zero-order chi connectivity index (χ0) is 29.1. The monoisotopic (exact) mass is 560 g/mol. The summed E-state index contributed by atoms with van der Waals surface area (Å²) < 4.78 is 87.2. The van der Waals surface area contributed by atoms with Crippen molar-refractivity contribution < 1.29 is 26.3 Å². The standard InChI is InChI=1S/C31H18F6N4/c1-40-27-10-5-17(15-38)11-20(27)12-28(40)18-6-8-19(9-7-18)30-22-3-2-4-24(31(35,36)37)29(22)39-41(30)16-23-25(33)13-21(32)14-26(23)34/h2-14H,16H2,1H3. The number of fused-ring (bicyclic) bond motifs is 2. The molecule has 0 bridgehead atoms. The molecule has 0 amide bonds. The number of aromatic nitrogens is 3. The van der Waals surface area contributed by atoms with Crippen LogP contribution in [0.3, 0.4) is 0 Å². The largest absolute Gasteiger partial charge is 0.418 e. The molecule has 0 atom stereocenters. The fraction of sp³-hybridized carbons (Fsp3) is 0.0968. The number of halogens is 6. The molecular weight excluding hydrogens is 542 g/mol. The zero-order valence-electron chi connectivity index (χ0n) is 21.3. The first-order valence-electron chi connectivity index (χ1n) is 12.4. The van der Waals surface area contributed by atoms with Gasteiger partial charge in [-0.15, -0.1) is 0 Å². The van der Waals surface area contributed by atoms with E-state index >= 15 is 0 Å². The molecule has 4 aromatic carbocycles. The van der Waals surface area contributed by atoms with Crippen molar-refractivity contribution in [1.29, 1.82) is 5.26 Å². The van der Waals surface area contributed by atoms with E-state index in [1.165, 1.54) is 12.1 Å². The third-order valence-electron chi connectivity index (χ3n) is 7.11. The van der Waals surface area contributed by atoms with E-state index in [4.69, 9.17) is 0 Å². The second-order valence-electron chi connectivity index (χ2n) is 9.61. The number of aryl methyl sites for hydroxylation is 1. The van der Waals surface area contributed by atoms with E-state index in [9.17, 15) is 31.6 Å². The van der Waals surface area contributed by atoms with Gasteiger partial charge in [0.25, 0.3) is 0 Å². The second-order valence-corrected chi connectivity index (χ2v) is 9.61. The van der Waals surface area contributed by atoms with Crippen LogP contribution in [0.2, 0.25) is 0 Å². The summed E-state index contributed by atoms with van der Waals surface area (Å²) in [6.07, 6.45) is -4.72. The van der Waals surface area contributed by atoms with Crippen LogP contribution in [0, 0.1) is 28.8 Å². The van der Waals surface area contributed by atoms with Crippen molar-refractivity contribution in [3.05, 3.63) is 113 Å². The second kappa shape index (κ2) is 9.55. The van der Waals surface area contributed by atoms with E-state index in [1.54, 1.807) is 36.4 Å². The fourth-order valence-electron chi connectivity index (χ4n) is 5.17. The van der Waals surface area contributed by atoms with Gasteiger partial charge >= 0.3 is 6.18 Å². The van der Waals surface area contributed by atoms with Gasteiger partial charge in [0.15, 0.2) is 0 Å². The van der Waals surface area contributed by atoms with Gasteiger partial charge < -0.3 is 4.57 Å². The first kappa shape index (κ1) is 26.2. The third kappa shape index (κ3) is 4.49. The summed E-state index contributed by atoms with van der Waals surface area (Å²) in [5.74, 6) is -3.45. The molecule has 6 rings (SSSR count). The number of hydrogen-bond donors (Lipinski definition) is 0. The van der Waals surface area contributed by atoms with Crippen molar-refractivity contribution in [3.63, 3.8) is 0 Å². The van der Waals surface area contributed by atoms with Crippen molar-refractivity contribution in [1.82, 2.24) is 14.3 Å². The molecule has 0 fully saturated rings. The summed E-state index contributed by atoms with van der Waals surface area (Å²) in [6, 6.07) is 21.0. The van der Waals surface area contributed by atoms with Crippen LogP contribution in [0.5, 0.6) is 0 Å². The van der Waals surface area contributed by atoms with Gasteiger partial charge in [0.1, 0.15) is 23.0 Å². The van der Waals surface area contributed by atoms with Crippen LogP contribution in [-0.2, 0) is 19.8 Å². The average Bonchev–Trinajstić information content (AvgIpc) is 3.46. The smallest absolute Gasteiger partial charge is 0.344 e. The average molecular weight is 561 g/mol. The summed E-state index contributed by atoms with van der Waals surface area (Å²) in [4.78, 5) is 0. The minimum absolute atomic E-state index is 0.143. The van der Waals surface area contributed by atoms with E-state index in [2.05, 4.69) is 11.2 Å². The van der Waals surface area contributed by atoms with Gasteiger partial charge in [-0.1, -0.05) is 36.4 Å². The Morgan fingerprint density at radius 1 is 0.854 bits per heavy atom. The molecule has 0 aliphatic rings. The maximum atomic E-state index is 14.5. The lowest BCUT2D eigenvalue weighted by Crippen LogP contribution is -2.09. The van der Waals surface area contributed by atoms with E-state index in [1.807, 2.05) is 23.7 Å². The van der Waals surface area contributed by atoms with Crippen LogP contribution in [-0.4, -0.2) is 14.3 Å². The molecule has 41 heavy (non-hydrogen) atoms. The Bertz CT molecular complexity index is 1990. The van der Waals surface area contributed by atoms with Crippen molar-refractivity contribution in [2.75, 3.05) is 0 Å². The number of alkyl halides is 3. The van der Waals surface area contributed by atoms with Crippen LogP contribution >= 0.6 is 0 Å². The Balaban J connectivity index is 1.50. The molecular formula is C31H18F6N4. The zero-order valence-corrected chi connectivity index (χ0v) is 21.3. The molecule has 204 valence electrons. The minimum atomic E-state index is -4.72. The highest BCUT2D eigenvalue weighted by Gasteiger charge is 2.34. The molecule has 2 aromatic heterocycles. The molecule has 0 unspecified atom stereocenters. The highest BCUT2D eigenvalue weighted by Crippen LogP contribution is 2.39. The molecule has 2 heterocycles. The molecule has 6 aromatic rings.